The molecule has 5 nitrogen and oxygen atoms in total. The highest BCUT2D eigenvalue weighted by Gasteiger charge is 2.19. The number of amides is 1. The lowest BCUT2D eigenvalue weighted by atomic mass is 10.1. The molecule has 0 saturated carbocycles. The first-order valence-corrected chi connectivity index (χ1v) is 6.91. The summed E-state index contributed by atoms with van der Waals surface area (Å²) in [5.41, 5.74) is 0.577. The summed E-state index contributed by atoms with van der Waals surface area (Å²) in [4.78, 5) is 26.3. The van der Waals surface area contributed by atoms with E-state index < -0.39 is 0 Å². The van der Waals surface area contributed by atoms with E-state index in [1.54, 1.807) is 11.0 Å². The number of fused-ring (bicyclic) bond motifs is 1. The fourth-order valence-corrected chi connectivity index (χ4v) is 2.71. The predicted octanol–water partition coefficient (Wildman–Crippen LogP) is 1.33. The Labute approximate surface area is 116 Å². The van der Waals surface area contributed by atoms with Gasteiger partial charge in [0, 0.05) is 18.5 Å². The number of likely N-dealkylation sites (tertiary alicyclic amines) is 1. The van der Waals surface area contributed by atoms with Gasteiger partial charge in [-0.15, -0.1) is 0 Å². The number of hydrogen-bond acceptors (Lipinski definition) is 3. The van der Waals surface area contributed by atoms with Gasteiger partial charge in [-0.25, -0.2) is 4.68 Å². The predicted molar refractivity (Wildman–Crippen MR) is 76.6 cm³/mol. The molecule has 0 atom stereocenters. The molecule has 1 saturated heterocycles. The van der Waals surface area contributed by atoms with Crippen LogP contribution in [0.4, 0.5) is 0 Å². The molecule has 5 heteroatoms. The fraction of sp³-hybridized carbons (Fsp3) is 0.400. The second-order valence-electron chi connectivity index (χ2n) is 5.18. The highest BCUT2D eigenvalue weighted by molar-refractivity contribution is 5.83. The van der Waals surface area contributed by atoms with Crippen molar-refractivity contribution in [3.05, 3.63) is 40.3 Å². The summed E-state index contributed by atoms with van der Waals surface area (Å²) >= 11 is 0. The quantitative estimate of drug-likeness (QED) is 0.828. The molecule has 2 aromatic rings. The SMILES string of the molecule is Cc1nn(CC(=O)N2CCCC2)c(=O)c2ccccc12. The number of aromatic nitrogens is 2. The van der Waals surface area contributed by atoms with Crippen LogP contribution in [0.15, 0.2) is 29.1 Å². The zero-order valence-electron chi connectivity index (χ0n) is 11.5. The first kappa shape index (κ1) is 12.8. The molecule has 0 aliphatic carbocycles. The van der Waals surface area contributed by atoms with Crippen molar-refractivity contribution in [1.29, 1.82) is 0 Å². The maximum absolute atomic E-state index is 12.4. The van der Waals surface area contributed by atoms with Crippen molar-refractivity contribution in [3.63, 3.8) is 0 Å². The number of benzene rings is 1. The Kier molecular flexibility index (Phi) is 3.26. The Bertz CT molecular complexity index is 715. The van der Waals surface area contributed by atoms with Crippen LogP contribution in [0, 0.1) is 6.92 Å². The highest BCUT2D eigenvalue weighted by atomic mass is 16.2. The van der Waals surface area contributed by atoms with Gasteiger partial charge in [0.25, 0.3) is 5.56 Å². The van der Waals surface area contributed by atoms with Crippen LogP contribution in [0.1, 0.15) is 18.5 Å². The molecule has 0 spiro atoms. The molecule has 1 aromatic carbocycles. The molecule has 1 aliphatic heterocycles. The van der Waals surface area contributed by atoms with E-state index in [2.05, 4.69) is 5.10 Å². The van der Waals surface area contributed by atoms with E-state index in [1.165, 1.54) is 4.68 Å². The average Bonchev–Trinajstić information content (AvgIpc) is 2.99. The lowest BCUT2D eigenvalue weighted by Crippen LogP contribution is -2.36. The molecule has 1 fully saturated rings. The van der Waals surface area contributed by atoms with Crippen LogP contribution in [0.2, 0.25) is 0 Å². The molecule has 3 rings (SSSR count). The summed E-state index contributed by atoms with van der Waals surface area (Å²) < 4.78 is 1.29. The van der Waals surface area contributed by atoms with Gasteiger partial charge in [0.2, 0.25) is 5.91 Å². The van der Waals surface area contributed by atoms with E-state index in [9.17, 15) is 9.59 Å². The van der Waals surface area contributed by atoms with Gasteiger partial charge < -0.3 is 4.90 Å². The molecule has 0 N–H and O–H groups in total. The monoisotopic (exact) mass is 271 g/mol. The maximum Gasteiger partial charge on any atom is 0.275 e. The van der Waals surface area contributed by atoms with Crippen LogP contribution in [0.5, 0.6) is 0 Å². The van der Waals surface area contributed by atoms with Gasteiger partial charge in [-0.3, -0.25) is 9.59 Å². The lowest BCUT2D eigenvalue weighted by Gasteiger charge is -2.16. The summed E-state index contributed by atoms with van der Waals surface area (Å²) in [7, 11) is 0. The normalized spacial score (nSPS) is 14.9. The standard InChI is InChI=1S/C15H17N3O2/c1-11-12-6-2-3-7-13(12)15(20)18(16-11)10-14(19)17-8-4-5-9-17/h2-3,6-7H,4-5,8-10H2,1H3. The molecule has 104 valence electrons. The van der Waals surface area contributed by atoms with E-state index in [0.717, 1.165) is 37.0 Å². The van der Waals surface area contributed by atoms with Gasteiger partial charge in [0.15, 0.2) is 0 Å². The van der Waals surface area contributed by atoms with Crippen molar-refractivity contribution >= 4 is 16.7 Å². The second-order valence-corrected chi connectivity index (χ2v) is 5.18. The van der Waals surface area contributed by atoms with Crippen molar-refractivity contribution in [2.45, 2.75) is 26.3 Å². The van der Waals surface area contributed by atoms with Gasteiger partial charge in [0.05, 0.1) is 11.1 Å². The smallest absolute Gasteiger partial charge is 0.275 e. The van der Waals surface area contributed by atoms with Gasteiger partial charge in [-0.05, 0) is 25.8 Å². The molecule has 20 heavy (non-hydrogen) atoms. The van der Waals surface area contributed by atoms with Crippen LogP contribution in [0.25, 0.3) is 10.8 Å². The summed E-state index contributed by atoms with van der Waals surface area (Å²) in [6.45, 7) is 3.48. The first-order valence-electron chi connectivity index (χ1n) is 6.91. The van der Waals surface area contributed by atoms with E-state index >= 15 is 0 Å². The van der Waals surface area contributed by atoms with Crippen molar-refractivity contribution in [1.82, 2.24) is 14.7 Å². The molecule has 1 aliphatic rings. The van der Waals surface area contributed by atoms with Gasteiger partial charge >= 0.3 is 0 Å². The second kappa shape index (κ2) is 5.07. The summed E-state index contributed by atoms with van der Waals surface area (Å²) in [5, 5.41) is 5.74. The number of carbonyl (C=O) groups is 1. The van der Waals surface area contributed by atoms with Crippen LogP contribution < -0.4 is 5.56 Å². The fourth-order valence-electron chi connectivity index (χ4n) is 2.71. The topological polar surface area (TPSA) is 55.2 Å². The Hall–Kier alpha value is -2.17. The minimum absolute atomic E-state index is 0.0215. The lowest BCUT2D eigenvalue weighted by molar-refractivity contribution is -0.131. The summed E-state index contributed by atoms with van der Waals surface area (Å²) in [6, 6.07) is 7.38. The van der Waals surface area contributed by atoms with Crippen LogP contribution in [0.3, 0.4) is 0 Å². The van der Waals surface area contributed by atoms with Crippen molar-refractivity contribution < 1.29 is 4.79 Å². The Morgan fingerprint density at radius 3 is 2.55 bits per heavy atom. The largest absolute Gasteiger partial charge is 0.341 e. The highest BCUT2D eigenvalue weighted by Crippen LogP contribution is 2.12. The number of nitrogens with zero attached hydrogens (tertiary/aromatic N) is 3. The minimum Gasteiger partial charge on any atom is -0.341 e. The molecular formula is C15H17N3O2. The van der Waals surface area contributed by atoms with Crippen LogP contribution in [-0.4, -0.2) is 33.7 Å². The van der Waals surface area contributed by atoms with Crippen LogP contribution in [-0.2, 0) is 11.3 Å². The maximum atomic E-state index is 12.4. The molecule has 1 aromatic heterocycles. The molecular weight excluding hydrogens is 254 g/mol. The number of hydrogen-bond donors (Lipinski definition) is 0. The number of carbonyl (C=O) groups excluding carboxylic acids is 1. The zero-order valence-corrected chi connectivity index (χ0v) is 11.5. The van der Waals surface area contributed by atoms with Crippen LogP contribution >= 0.6 is 0 Å². The first-order chi connectivity index (χ1) is 9.66. The van der Waals surface area contributed by atoms with E-state index in [1.807, 2.05) is 25.1 Å². The average molecular weight is 271 g/mol. The van der Waals surface area contributed by atoms with Crippen molar-refractivity contribution in [2.24, 2.45) is 0 Å². The molecule has 1 amide bonds. The Balaban J connectivity index is 1.97. The van der Waals surface area contributed by atoms with E-state index in [0.29, 0.717) is 5.39 Å². The van der Waals surface area contributed by atoms with Gasteiger partial charge in [-0.1, -0.05) is 18.2 Å². The Morgan fingerprint density at radius 2 is 1.85 bits per heavy atom. The molecule has 0 unspecified atom stereocenters. The molecule has 0 bridgehead atoms. The van der Waals surface area contributed by atoms with Crippen molar-refractivity contribution in [2.75, 3.05) is 13.1 Å². The zero-order chi connectivity index (χ0) is 14.1. The number of aryl methyl sites for hydroxylation is 1. The molecule has 0 radical (unpaired) electrons. The van der Waals surface area contributed by atoms with Gasteiger partial charge in [-0.2, -0.15) is 5.10 Å². The van der Waals surface area contributed by atoms with E-state index in [-0.39, 0.29) is 18.0 Å². The third-order valence-corrected chi connectivity index (χ3v) is 3.80. The third kappa shape index (κ3) is 2.19. The third-order valence-electron chi connectivity index (χ3n) is 3.80. The number of rotatable bonds is 2. The van der Waals surface area contributed by atoms with E-state index in [4.69, 9.17) is 0 Å². The van der Waals surface area contributed by atoms with Crippen molar-refractivity contribution in [3.8, 4) is 0 Å². The minimum atomic E-state index is -0.196. The molecule has 2 heterocycles. The van der Waals surface area contributed by atoms with Gasteiger partial charge in [0.1, 0.15) is 6.54 Å². The summed E-state index contributed by atoms with van der Waals surface area (Å²) in [6.07, 6.45) is 2.09. The Morgan fingerprint density at radius 1 is 1.20 bits per heavy atom. The summed E-state index contributed by atoms with van der Waals surface area (Å²) in [5.74, 6) is -0.0215.